The van der Waals surface area contributed by atoms with Crippen molar-refractivity contribution in [1.82, 2.24) is 14.9 Å². The Labute approximate surface area is 130 Å². The lowest BCUT2D eigenvalue weighted by atomic mass is 10.1. The minimum absolute atomic E-state index is 0.529. The molecule has 2 aromatic heterocycles. The molecule has 0 aromatic carbocycles. The fraction of sp³-hybridized carbons (Fsp3) is 0.500. The number of thiazole rings is 1. The number of hydrogen-bond acceptors (Lipinski definition) is 5. The van der Waals surface area contributed by atoms with Gasteiger partial charge in [0, 0.05) is 50.0 Å². The van der Waals surface area contributed by atoms with Crippen molar-refractivity contribution in [2.75, 3.05) is 31.1 Å². The third-order valence-electron chi connectivity index (χ3n) is 4.03. The molecule has 0 N–H and O–H groups in total. The van der Waals surface area contributed by atoms with Crippen LogP contribution in [0.25, 0.3) is 0 Å². The summed E-state index contributed by atoms with van der Waals surface area (Å²) >= 11 is 1.76. The highest BCUT2D eigenvalue weighted by atomic mass is 32.1. The van der Waals surface area contributed by atoms with Crippen molar-refractivity contribution in [1.29, 1.82) is 0 Å². The molecule has 1 aliphatic rings. The summed E-state index contributed by atoms with van der Waals surface area (Å²) in [5.74, 6) is 0. The Morgan fingerprint density at radius 3 is 2.76 bits per heavy atom. The highest BCUT2D eigenvalue weighted by Gasteiger charge is 2.25. The molecule has 21 heavy (non-hydrogen) atoms. The van der Waals surface area contributed by atoms with Crippen molar-refractivity contribution in [2.24, 2.45) is 0 Å². The van der Waals surface area contributed by atoms with E-state index in [1.54, 1.807) is 11.3 Å². The summed E-state index contributed by atoms with van der Waals surface area (Å²) < 4.78 is 0. The zero-order valence-corrected chi connectivity index (χ0v) is 13.5. The third-order valence-corrected chi connectivity index (χ3v) is 5.03. The van der Waals surface area contributed by atoms with Crippen molar-refractivity contribution < 1.29 is 0 Å². The van der Waals surface area contributed by atoms with Crippen LogP contribution in [0.1, 0.15) is 18.2 Å². The van der Waals surface area contributed by atoms with Crippen LogP contribution in [0.2, 0.25) is 0 Å². The van der Waals surface area contributed by atoms with E-state index in [0.29, 0.717) is 6.04 Å². The van der Waals surface area contributed by atoms with Gasteiger partial charge in [0.1, 0.15) is 0 Å². The molecule has 1 fully saturated rings. The number of pyridine rings is 1. The zero-order chi connectivity index (χ0) is 14.7. The molecule has 4 nitrogen and oxygen atoms in total. The van der Waals surface area contributed by atoms with Gasteiger partial charge >= 0.3 is 0 Å². The number of piperazine rings is 1. The molecular weight excluding hydrogens is 280 g/mol. The summed E-state index contributed by atoms with van der Waals surface area (Å²) in [4.78, 5) is 13.7. The number of nitrogens with zero attached hydrogens (tertiary/aromatic N) is 4. The average Bonchev–Trinajstić information content (AvgIpc) is 2.92. The molecule has 0 bridgehead atoms. The van der Waals surface area contributed by atoms with Crippen molar-refractivity contribution in [3.63, 3.8) is 0 Å². The molecular formula is C16H22N4S. The van der Waals surface area contributed by atoms with Gasteiger partial charge in [0.15, 0.2) is 5.13 Å². The van der Waals surface area contributed by atoms with Crippen molar-refractivity contribution in [3.05, 3.63) is 41.2 Å². The fourth-order valence-electron chi connectivity index (χ4n) is 2.83. The van der Waals surface area contributed by atoms with E-state index in [1.165, 1.54) is 10.7 Å². The Hall–Kier alpha value is -1.46. The predicted molar refractivity (Wildman–Crippen MR) is 88.0 cm³/mol. The van der Waals surface area contributed by atoms with Crippen LogP contribution in [0.5, 0.6) is 0 Å². The lowest BCUT2D eigenvalue weighted by Crippen LogP contribution is -2.52. The molecule has 0 aliphatic carbocycles. The molecule has 3 heterocycles. The summed E-state index contributed by atoms with van der Waals surface area (Å²) in [5.41, 5.74) is 2.50. The lowest BCUT2D eigenvalue weighted by Gasteiger charge is -2.39. The molecule has 0 unspecified atom stereocenters. The van der Waals surface area contributed by atoms with E-state index < -0.39 is 0 Å². The summed E-state index contributed by atoms with van der Waals surface area (Å²) in [7, 11) is 0. The first kappa shape index (κ1) is 14.5. The molecule has 0 saturated carbocycles. The SMILES string of the molecule is Cc1csc(N2CCN(CCc3ccncc3)C[C@H]2C)n1. The van der Waals surface area contributed by atoms with Gasteiger partial charge in [0.25, 0.3) is 0 Å². The van der Waals surface area contributed by atoms with E-state index in [1.807, 2.05) is 12.4 Å². The fourth-order valence-corrected chi connectivity index (χ4v) is 3.76. The first-order chi connectivity index (χ1) is 10.2. The summed E-state index contributed by atoms with van der Waals surface area (Å²) in [6.07, 6.45) is 4.85. The normalized spacial score (nSPS) is 19.9. The molecule has 0 amide bonds. The Kier molecular flexibility index (Phi) is 4.51. The highest BCUT2D eigenvalue weighted by molar-refractivity contribution is 7.13. The lowest BCUT2D eigenvalue weighted by molar-refractivity contribution is 0.231. The number of hydrogen-bond donors (Lipinski definition) is 0. The molecule has 1 aliphatic heterocycles. The van der Waals surface area contributed by atoms with Crippen molar-refractivity contribution in [2.45, 2.75) is 26.3 Å². The summed E-state index contributed by atoms with van der Waals surface area (Å²) in [6.45, 7) is 8.80. The standard InChI is InChI=1S/C16H22N4S/c1-13-12-21-16(18-13)20-10-9-19(11-14(20)2)8-5-15-3-6-17-7-4-15/h3-4,6-7,12,14H,5,8-11H2,1-2H3/t14-/m1/s1. The molecule has 112 valence electrons. The predicted octanol–water partition coefficient (Wildman–Crippen LogP) is 2.60. The van der Waals surface area contributed by atoms with Gasteiger partial charge in [-0.3, -0.25) is 9.88 Å². The topological polar surface area (TPSA) is 32.3 Å². The molecule has 5 heteroatoms. The van der Waals surface area contributed by atoms with E-state index >= 15 is 0 Å². The average molecular weight is 302 g/mol. The maximum Gasteiger partial charge on any atom is 0.185 e. The van der Waals surface area contributed by atoms with Gasteiger partial charge in [0.05, 0.1) is 5.69 Å². The Bertz CT molecular complexity index is 569. The Balaban J connectivity index is 1.53. The van der Waals surface area contributed by atoms with Gasteiger partial charge in [-0.15, -0.1) is 11.3 Å². The van der Waals surface area contributed by atoms with Gasteiger partial charge in [-0.05, 0) is 38.0 Å². The Morgan fingerprint density at radius 1 is 1.29 bits per heavy atom. The van der Waals surface area contributed by atoms with Crippen LogP contribution in [0.15, 0.2) is 29.9 Å². The highest BCUT2D eigenvalue weighted by Crippen LogP contribution is 2.24. The Morgan fingerprint density at radius 2 is 2.10 bits per heavy atom. The molecule has 3 rings (SSSR count). The van der Waals surface area contributed by atoms with Gasteiger partial charge in [0.2, 0.25) is 0 Å². The van der Waals surface area contributed by atoms with Gasteiger partial charge in [-0.1, -0.05) is 0 Å². The summed E-state index contributed by atoms with van der Waals surface area (Å²) in [6, 6.07) is 4.75. The largest absolute Gasteiger partial charge is 0.343 e. The minimum Gasteiger partial charge on any atom is -0.343 e. The number of anilines is 1. The van der Waals surface area contributed by atoms with Crippen molar-refractivity contribution >= 4 is 16.5 Å². The third kappa shape index (κ3) is 3.60. The zero-order valence-electron chi connectivity index (χ0n) is 12.7. The molecule has 1 saturated heterocycles. The maximum absolute atomic E-state index is 4.62. The van der Waals surface area contributed by atoms with E-state index in [2.05, 4.69) is 51.1 Å². The monoisotopic (exact) mass is 302 g/mol. The van der Waals surface area contributed by atoms with Crippen LogP contribution in [0, 0.1) is 6.92 Å². The maximum atomic E-state index is 4.62. The van der Waals surface area contributed by atoms with Crippen LogP contribution >= 0.6 is 11.3 Å². The van der Waals surface area contributed by atoms with Gasteiger partial charge < -0.3 is 4.90 Å². The molecule has 0 spiro atoms. The van der Waals surface area contributed by atoms with Crippen LogP contribution in [0.3, 0.4) is 0 Å². The second-order valence-corrected chi connectivity index (χ2v) is 6.56. The van der Waals surface area contributed by atoms with Crippen LogP contribution in [-0.2, 0) is 6.42 Å². The van der Waals surface area contributed by atoms with Crippen LogP contribution in [-0.4, -0.2) is 47.1 Å². The van der Waals surface area contributed by atoms with E-state index in [4.69, 9.17) is 0 Å². The van der Waals surface area contributed by atoms with Crippen molar-refractivity contribution in [3.8, 4) is 0 Å². The second-order valence-electron chi connectivity index (χ2n) is 5.72. The van der Waals surface area contributed by atoms with E-state index in [0.717, 1.165) is 38.3 Å². The van der Waals surface area contributed by atoms with Gasteiger partial charge in [-0.25, -0.2) is 4.98 Å². The smallest absolute Gasteiger partial charge is 0.185 e. The molecule has 1 atom stereocenters. The minimum atomic E-state index is 0.529. The second kappa shape index (κ2) is 6.54. The molecule has 0 radical (unpaired) electrons. The summed E-state index contributed by atoms with van der Waals surface area (Å²) in [5, 5.41) is 3.31. The van der Waals surface area contributed by atoms with E-state index in [-0.39, 0.29) is 0 Å². The van der Waals surface area contributed by atoms with Crippen LogP contribution < -0.4 is 4.90 Å². The first-order valence-electron chi connectivity index (χ1n) is 7.52. The molecule has 2 aromatic rings. The number of aryl methyl sites for hydroxylation is 1. The van der Waals surface area contributed by atoms with E-state index in [9.17, 15) is 0 Å². The number of rotatable bonds is 4. The van der Waals surface area contributed by atoms with Crippen LogP contribution in [0.4, 0.5) is 5.13 Å². The quantitative estimate of drug-likeness (QED) is 0.869. The number of aromatic nitrogens is 2. The first-order valence-corrected chi connectivity index (χ1v) is 8.40. The van der Waals surface area contributed by atoms with Gasteiger partial charge in [-0.2, -0.15) is 0 Å².